The minimum absolute atomic E-state index is 0.0994. The van der Waals surface area contributed by atoms with Crippen molar-refractivity contribution in [3.05, 3.63) is 71.3 Å². The molecule has 126 valence electrons. The molecular formula is C21H25NO2. The number of amides is 1. The maximum atomic E-state index is 12.4. The number of carbonyl (C=O) groups excluding carboxylic acids is 1. The van der Waals surface area contributed by atoms with Gasteiger partial charge in [-0.1, -0.05) is 54.6 Å². The van der Waals surface area contributed by atoms with Crippen LogP contribution in [0.2, 0.25) is 0 Å². The molecule has 0 aromatic heterocycles. The third kappa shape index (κ3) is 4.45. The highest BCUT2D eigenvalue weighted by atomic mass is 16.3. The van der Waals surface area contributed by atoms with Crippen molar-refractivity contribution in [3.63, 3.8) is 0 Å². The largest absolute Gasteiger partial charge is 0.392 e. The second-order valence-electron chi connectivity index (χ2n) is 6.67. The first-order chi connectivity index (χ1) is 11.7. The average molecular weight is 323 g/mol. The third-order valence-corrected chi connectivity index (χ3v) is 4.90. The van der Waals surface area contributed by atoms with Gasteiger partial charge in [0.1, 0.15) is 0 Å². The van der Waals surface area contributed by atoms with Crippen LogP contribution in [0.25, 0.3) is 0 Å². The minimum Gasteiger partial charge on any atom is -0.392 e. The topological polar surface area (TPSA) is 40.5 Å². The number of likely N-dealkylation sites (tertiary alicyclic amines) is 1. The van der Waals surface area contributed by atoms with Crippen LogP contribution in [0.15, 0.2) is 54.6 Å². The molecule has 1 N–H and O–H groups in total. The number of benzene rings is 2. The lowest BCUT2D eigenvalue weighted by Crippen LogP contribution is -2.39. The SMILES string of the molecule is O=C(Cc1ccccc1)N1CCC(Cc2ccc(CO)cc2)CC1. The van der Waals surface area contributed by atoms with Gasteiger partial charge in [-0.2, -0.15) is 0 Å². The highest BCUT2D eigenvalue weighted by molar-refractivity contribution is 5.78. The van der Waals surface area contributed by atoms with Crippen molar-refractivity contribution in [2.24, 2.45) is 5.92 Å². The molecule has 1 aliphatic rings. The predicted octanol–water partition coefficient (Wildman–Crippen LogP) is 3.20. The number of piperidine rings is 1. The summed E-state index contributed by atoms with van der Waals surface area (Å²) in [6.07, 6.45) is 3.71. The second-order valence-corrected chi connectivity index (χ2v) is 6.67. The van der Waals surface area contributed by atoms with Crippen molar-refractivity contribution >= 4 is 5.91 Å². The maximum absolute atomic E-state index is 12.4. The monoisotopic (exact) mass is 323 g/mol. The highest BCUT2D eigenvalue weighted by Gasteiger charge is 2.22. The molecule has 3 heteroatoms. The van der Waals surface area contributed by atoms with E-state index in [9.17, 15) is 4.79 Å². The van der Waals surface area contributed by atoms with Crippen LogP contribution < -0.4 is 0 Å². The van der Waals surface area contributed by atoms with Gasteiger partial charge in [-0.15, -0.1) is 0 Å². The molecule has 0 saturated carbocycles. The standard InChI is InChI=1S/C21H25NO2/c23-16-20-8-6-18(7-9-20)14-19-10-12-22(13-11-19)21(24)15-17-4-2-1-3-5-17/h1-9,19,23H,10-16H2. The first-order valence-electron chi connectivity index (χ1n) is 8.75. The molecule has 0 bridgehead atoms. The van der Waals surface area contributed by atoms with Crippen LogP contribution in [-0.4, -0.2) is 29.0 Å². The molecule has 3 rings (SSSR count). The van der Waals surface area contributed by atoms with Gasteiger partial charge in [-0.3, -0.25) is 4.79 Å². The molecule has 2 aromatic carbocycles. The number of carbonyl (C=O) groups is 1. The lowest BCUT2D eigenvalue weighted by Gasteiger charge is -2.32. The van der Waals surface area contributed by atoms with E-state index in [0.717, 1.165) is 43.5 Å². The van der Waals surface area contributed by atoms with E-state index >= 15 is 0 Å². The van der Waals surface area contributed by atoms with Crippen molar-refractivity contribution < 1.29 is 9.90 Å². The molecule has 0 radical (unpaired) electrons. The molecule has 0 atom stereocenters. The van der Waals surface area contributed by atoms with E-state index in [0.29, 0.717) is 12.3 Å². The van der Waals surface area contributed by atoms with Crippen LogP contribution in [0.3, 0.4) is 0 Å². The summed E-state index contributed by atoms with van der Waals surface area (Å²) in [7, 11) is 0. The predicted molar refractivity (Wildman–Crippen MR) is 95.5 cm³/mol. The molecule has 0 aliphatic carbocycles. The zero-order valence-corrected chi connectivity index (χ0v) is 14.0. The van der Waals surface area contributed by atoms with E-state index in [-0.39, 0.29) is 12.5 Å². The summed E-state index contributed by atoms with van der Waals surface area (Å²) < 4.78 is 0. The lowest BCUT2D eigenvalue weighted by atomic mass is 9.89. The first kappa shape index (κ1) is 16.7. The van der Waals surface area contributed by atoms with Gasteiger partial charge >= 0.3 is 0 Å². The Morgan fingerprint density at radius 2 is 1.54 bits per heavy atom. The van der Waals surface area contributed by atoms with Gasteiger partial charge in [0, 0.05) is 13.1 Å². The molecule has 0 unspecified atom stereocenters. The Morgan fingerprint density at radius 3 is 2.17 bits per heavy atom. The van der Waals surface area contributed by atoms with Crippen LogP contribution in [0, 0.1) is 5.92 Å². The molecule has 24 heavy (non-hydrogen) atoms. The molecule has 3 nitrogen and oxygen atoms in total. The van der Waals surface area contributed by atoms with Crippen molar-refractivity contribution in [1.82, 2.24) is 4.90 Å². The molecule has 0 spiro atoms. The Kier molecular flexibility index (Phi) is 5.65. The number of hydrogen-bond acceptors (Lipinski definition) is 2. The smallest absolute Gasteiger partial charge is 0.226 e. The van der Waals surface area contributed by atoms with Gasteiger partial charge in [0.25, 0.3) is 0 Å². The summed E-state index contributed by atoms with van der Waals surface area (Å²) in [4.78, 5) is 14.4. The number of nitrogens with zero attached hydrogens (tertiary/aromatic N) is 1. The van der Waals surface area contributed by atoms with Gasteiger partial charge in [-0.05, 0) is 41.9 Å². The Morgan fingerprint density at radius 1 is 0.917 bits per heavy atom. The van der Waals surface area contributed by atoms with Crippen molar-refractivity contribution in [1.29, 1.82) is 0 Å². The molecule has 1 amide bonds. The number of aliphatic hydroxyl groups is 1. The third-order valence-electron chi connectivity index (χ3n) is 4.90. The van der Waals surface area contributed by atoms with Crippen LogP contribution in [0.4, 0.5) is 0 Å². The molecular weight excluding hydrogens is 298 g/mol. The second kappa shape index (κ2) is 8.11. The summed E-state index contributed by atoms with van der Waals surface area (Å²) in [5.74, 6) is 0.887. The Balaban J connectivity index is 1.47. The van der Waals surface area contributed by atoms with E-state index in [2.05, 4.69) is 12.1 Å². The molecule has 1 fully saturated rings. The van der Waals surface area contributed by atoms with Gasteiger partial charge in [0.05, 0.1) is 13.0 Å². The Labute approximate surface area is 143 Å². The summed E-state index contributed by atoms with van der Waals surface area (Å²) in [5, 5.41) is 9.10. The van der Waals surface area contributed by atoms with Crippen molar-refractivity contribution in [2.45, 2.75) is 32.3 Å². The maximum Gasteiger partial charge on any atom is 0.226 e. The normalized spacial score (nSPS) is 15.5. The minimum atomic E-state index is 0.0994. The van der Waals surface area contributed by atoms with Gasteiger partial charge in [0.2, 0.25) is 5.91 Å². The van der Waals surface area contributed by atoms with Gasteiger partial charge < -0.3 is 10.0 Å². The number of aliphatic hydroxyl groups excluding tert-OH is 1. The zero-order chi connectivity index (χ0) is 16.8. The quantitative estimate of drug-likeness (QED) is 0.918. The first-order valence-corrected chi connectivity index (χ1v) is 8.75. The van der Waals surface area contributed by atoms with Crippen LogP contribution >= 0.6 is 0 Å². The molecule has 1 heterocycles. The Bertz CT molecular complexity index is 643. The molecule has 2 aromatic rings. The van der Waals surface area contributed by atoms with E-state index in [1.54, 1.807) is 0 Å². The van der Waals surface area contributed by atoms with E-state index in [1.807, 2.05) is 47.4 Å². The zero-order valence-electron chi connectivity index (χ0n) is 14.0. The van der Waals surface area contributed by atoms with Crippen molar-refractivity contribution in [3.8, 4) is 0 Å². The fourth-order valence-corrected chi connectivity index (χ4v) is 3.38. The van der Waals surface area contributed by atoms with Gasteiger partial charge in [-0.25, -0.2) is 0 Å². The number of hydrogen-bond donors (Lipinski definition) is 1. The van der Waals surface area contributed by atoms with Crippen molar-refractivity contribution in [2.75, 3.05) is 13.1 Å². The lowest BCUT2D eigenvalue weighted by molar-refractivity contribution is -0.131. The van der Waals surface area contributed by atoms with Gasteiger partial charge in [0.15, 0.2) is 0 Å². The van der Waals surface area contributed by atoms with Crippen LogP contribution in [0.1, 0.15) is 29.5 Å². The fraction of sp³-hybridized carbons (Fsp3) is 0.381. The van der Waals surface area contributed by atoms with E-state index in [1.165, 1.54) is 5.56 Å². The van der Waals surface area contributed by atoms with E-state index < -0.39 is 0 Å². The summed E-state index contributed by atoms with van der Waals surface area (Å²) in [6, 6.07) is 18.2. The molecule has 1 saturated heterocycles. The Hall–Kier alpha value is -2.13. The van der Waals surface area contributed by atoms with Crippen LogP contribution in [0.5, 0.6) is 0 Å². The summed E-state index contributed by atoms with van der Waals surface area (Å²) >= 11 is 0. The summed E-state index contributed by atoms with van der Waals surface area (Å²) in [6.45, 7) is 1.83. The summed E-state index contributed by atoms with van der Waals surface area (Å²) in [5.41, 5.74) is 3.37. The van der Waals surface area contributed by atoms with Crippen LogP contribution in [-0.2, 0) is 24.2 Å². The average Bonchev–Trinajstić information content (AvgIpc) is 2.64. The fourth-order valence-electron chi connectivity index (χ4n) is 3.38. The highest BCUT2D eigenvalue weighted by Crippen LogP contribution is 2.22. The number of rotatable bonds is 5. The molecule has 1 aliphatic heterocycles. The van der Waals surface area contributed by atoms with E-state index in [4.69, 9.17) is 5.11 Å².